The lowest BCUT2D eigenvalue weighted by atomic mass is 9.92. The molecule has 1 unspecified atom stereocenters. The van der Waals surface area contributed by atoms with E-state index in [0.717, 1.165) is 36.9 Å². The molecule has 0 bridgehead atoms. The maximum Gasteiger partial charge on any atom is 0.255 e. The van der Waals surface area contributed by atoms with Crippen molar-refractivity contribution >= 4 is 23.6 Å². The molecule has 10 heteroatoms. The Morgan fingerprint density at radius 1 is 1.16 bits per heavy atom. The molecule has 1 aromatic heterocycles. The predicted octanol–water partition coefficient (Wildman–Crippen LogP) is 3.03. The molecular formula is C28H36N4O6. The number of hydrogen-bond donors (Lipinski definition) is 2. The minimum Gasteiger partial charge on any atom is -0.494 e. The van der Waals surface area contributed by atoms with E-state index in [-0.39, 0.29) is 36.0 Å². The molecule has 1 saturated heterocycles. The maximum atomic E-state index is 12.8. The summed E-state index contributed by atoms with van der Waals surface area (Å²) in [5.41, 5.74) is 2.13. The molecule has 2 N–H and O–H groups in total. The van der Waals surface area contributed by atoms with Gasteiger partial charge in [-0.1, -0.05) is 38.8 Å². The minimum absolute atomic E-state index is 0.0730. The number of hydrogen-bond acceptors (Lipinski definition) is 7. The molecule has 204 valence electrons. The van der Waals surface area contributed by atoms with Crippen LogP contribution in [0.2, 0.25) is 0 Å². The molecule has 0 aliphatic carbocycles. The van der Waals surface area contributed by atoms with Gasteiger partial charge in [-0.2, -0.15) is 0 Å². The van der Waals surface area contributed by atoms with Gasteiger partial charge in [-0.3, -0.25) is 24.5 Å². The van der Waals surface area contributed by atoms with Crippen molar-refractivity contribution in [1.82, 2.24) is 20.7 Å². The Kier molecular flexibility index (Phi) is 8.48. The third-order valence-electron chi connectivity index (χ3n) is 6.82. The number of ether oxygens (including phenoxy) is 1. The Hall–Kier alpha value is -3.69. The van der Waals surface area contributed by atoms with Crippen LogP contribution in [0.15, 0.2) is 28.8 Å². The lowest BCUT2D eigenvalue weighted by Gasteiger charge is -2.29. The van der Waals surface area contributed by atoms with Crippen molar-refractivity contribution < 1.29 is 28.4 Å². The van der Waals surface area contributed by atoms with E-state index in [2.05, 4.69) is 15.8 Å². The highest BCUT2D eigenvalue weighted by atomic mass is 16.5. The second kappa shape index (κ2) is 11.8. The van der Waals surface area contributed by atoms with Crippen molar-refractivity contribution in [3.8, 4) is 5.75 Å². The van der Waals surface area contributed by atoms with E-state index in [1.807, 2.05) is 32.9 Å². The fraction of sp³-hybridized carbons (Fsp3) is 0.536. The molecule has 1 fully saturated rings. The standard InChI is InChI=1S/C28H36N4O6/c1-28(2,3)23-15-20(38-31-23)16-25(34)29-12-6-4-5-7-13-37-19-8-9-21-18(14-19)17-32(27(21)36)22-10-11-24(33)30-26(22)35/h8-9,14-15,22H,4-7,10-13,16-17H2,1-3H3,(H,29,34)(H,30,33,35). The van der Waals surface area contributed by atoms with Gasteiger partial charge in [0.15, 0.2) is 0 Å². The van der Waals surface area contributed by atoms with E-state index >= 15 is 0 Å². The zero-order valence-corrected chi connectivity index (χ0v) is 22.3. The third kappa shape index (κ3) is 6.79. The van der Waals surface area contributed by atoms with E-state index in [1.165, 1.54) is 4.90 Å². The average molecular weight is 525 g/mol. The fourth-order valence-corrected chi connectivity index (χ4v) is 4.61. The quantitative estimate of drug-likeness (QED) is 0.341. The number of nitrogens with zero attached hydrogens (tertiary/aromatic N) is 2. The Labute approximate surface area is 222 Å². The molecule has 10 nitrogen and oxygen atoms in total. The molecule has 0 spiro atoms. The normalized spacial score (nSPS) is 17.4. The summed E-state index contributed by atoms with van der Waals surface area (Å²) in [6, 6.07) is 6.59. The second-order valence-corrected chi connectivity index (χ2v) is 10.9. The van der Waals surface area contributed by atoms with Gasteiger partial charge in [-0.25, -0.2) is 0 Å². The summed E-state index contributed by atoms with van der Waals surface area (Å²) in [7, 11) is 0. The molecule has 4 rings (SSSR count). The summed E-state index contributed by atoms with van der Waals surface area (Å²) in [4.78, 5) is 50.0. The molecule has 4 amide bonds. The van der Waals surface area contributed by atoms with Crippen LogP contribution in [0.1, 0.15) is 86.7 Å². The number of imide groups is 1. The highest BCUT2D eigenvalue weighted by Gasteiger charge is 2.39. The van der Waals surface area contributed by atoms with Gasteiger partial charge in [-0.05, 0) is 43.0 Å². The van der Waals surface area contributed by atoms with Gasteiger partial charge in [0.05, 0.1) is 18.7 Å². The summed E-state index contributed by atoms with van der Waals surface area (Å²) in [5.74, 6) is 0.288. The molecule has 1 atom stereocenters. The van der Waals surface area contributed by atoms with E-state index in [0.29, 0.717) is 43.2 Å². The van der Waals surface area contributed by atoms with Crippen LogP contribution in [0.3, 0.4) is 0 Å². The van der Waals surface area contributed by atoms with Crippen molar-refractivity contribution in [3.05, 3.63) is 46.8 Å². The van der Waals surface area contributed by atoms with Crippen LogP contribution in [0.4, 0.5) is 0 Å². The number of carbonyl (C=O) groups is 4. The number of nitrogens with one attached hydrogen (secondary N) is 2. The van der Waals surface area contributed by atoms with Crippen molar-refractivity contribution in [2.24, 2.45) is 0 Å². The topological polar surface area (TPSA) is 131 Å². The molecule has 38 heavy (non-hydrogen) atoms. The molecule has 3 heterocycles. The van der Waals surface area contributed by atoms with Crippen LogP contribution in [0, 0.1) is 0 Å². The van der Waals surface area contributed by atoms with Crippen LogP contribution in [0.25, 0.3) is 0 Å². The number of benzene rings is 1. The lowest BCUT2D eigenvalue weighted by molar-refractivity contribution is -0.137. The number of rotatable bonds is 11. The summed E-state index contributed by atoms with van der Waals surface area (Å²) in [6.45, 7) is 7.64. The van der Waals surface area contributed by atoms with Gasteiger partial charge in [-0.15, -0.1) is 0 Å². The zero-order chi connectivity index (χ0) is 27.3. The number of amides is 4. The summed E-state index contributed by atoms with van der Waals surface area (Å²) in [5, 5.41) is 9.28. The average Bonchev–Trinajstić information content (AvgIpc) is 3.45. The first-order chi connectivity index (χ1) is 18.1. The van der Waals surface area contributed by atoms with E-state index < -0.39 is 11.9 Å². The Bertz CT molecular complexity index is 1200. The maximum absolute atomic E-state index is 12.8. The van der Waals surface area contributed by atoms with Crippen LogP contribution >= 0.6 is 0 Å². The van der Waals surface area contributed by atoms with Crippen LogP contribution in [-0.4, -0.2) is 52.9 Å². The molecule has 2 aromatic rings. The first kappa shape index (κ1) is 27.3. The van der Waals surface area contributed by atoms with E-state index in [4.69, 9.17) is 9.26 Å². The summed E-state index contributed by atoms with van der Waals surface area (Å²) in [6.07, 6.45) is 4.47. The van der Waals surface area contributed by atoms with Gasteiger partial charge in [0.1, 0.15) is 17.6 Å². The second-order valence-electron chi connectivity index (χ2n) is 10.9. The van der Waals surface area contributed by atoms with Crippen molar-refractivity contribution in [2.75, 3.05) is 13.2 Å². The lowest BCUT2D eigenvalue weighted by Crippen LogP contribution is -2.52. The largest absolute Gasteiger partial charge is 0.494 e. The molecule has 0 saturated carbocycles. The number of unbranched alkanes of at least 4 members (excludes halogenated alkanes) is 3. The first-order valence-corrected chi connectivity index (χ1v) is 13.2. The molecule has 2 aliphatic rings. The molecule has 0 radical (unpaired) electrons. The number of piperidine rings is 1. The number of aromatic nitrogens is 1. The third-order valence-corrected chi connectivity index (χ3v) is 6.82. The van der Waals surface area contributed by atoms with Crippen LogP contribution in [0.5, 0.6) is 5.75 Å². The SMILES string of the molecule is CC(C)(C)c1cc(CC(=O)NCCCCCCOc2ccc3c(c2)CN(C2CCC(=O)NC2=O)C3=O)on1. The Morgan fingerprint density at radius 3 is 2.68 bits per heavy atom. The molecule has 1 aromatic carbocycles. The van der Waals surface area contributed by atoms with Gasteiger partial charge in [0.25, 0.3) is 5.91 Å². The van der Waals surface area contributed by atoms with Crippen molar-refractivity contribution in [1.29, 1.82) is 0 Å². The van der Waals surface area contributed by atoms with Crippen LogP contribution in [-0.2, 0) is 32.8 Å². The van der Waals surface area contributed by atoms with Crippen molar-refractivity contribution in [3.63, 3.8) is 0 Å². The molecule has 2 aliphatic heterocycles. The van der Waals surface area contributed by atoms with Gasteiger partial charge in [0.2, 0.25) is 17.7 Å². The smallest absolute Gasteiger partial charge is 0.255 e. The van der Waals surface area contributed by atoms with Crippen molar-refractivity contribution in [2.45, 2.75) is 83.7 Å². The monoisotopic (exact) mass is 524 g/mol. The van der Waals surface area contributed by atoms with Gasteiger partial charge < -0.3 is 19.5 Å². The van der Waals surface area contributed by atoms with Crippen LogP contribution < -0.4 is 15.4 Å². The predicted molar refractivity (Wildman–Crippen MR) is 138 cm³/mol. The minimum atomic E-state index is -0.620. The fourth-order valence-electron chi connectivity index (χ4n) is 4.61. The Morgan fingerprint density at radius 2 is 1.95 bits per heavy atom. The number of carbonyl (C=O) groups excluding carboxylic acids is 4. The zero-order valence-electron chi connectivity index (χ0n) is 22.3. The van der Waals surface area contributed by atoms with E-state index in [1.54, 1.807) is 12.1 Å². The van der Waals surface area contributed by atoms with E-state index in [9.17, 15) is 19.2 Å². The summed E-state index contributed by atoms with van der Waals surface area (Å²) < 4.78 is 11.1. The number of fused-ring (bicyclic) bond motifs is 1. The summed E-state index contributed by atoms with van der Waals surface area (Å²) >= 11 is 0. The first-order valence-electron chi connectivity index (χ1n) is 13.2. The molecular weight excluding hydrogens is 488 g/mol. The highest BCUT2D eigenvalue weighted by Crippen LogP contribution is 2.30. The van der Waals surface area contributed by atoms with Gasteiger partial charge in [0, 0.05) is 36.6 Å². The highest BCUT2D eigenvalue weighted by molar-refractivity contribution is 6.05. The van der Waals surface area contributed by atoms with Gasteiger partial charge >= 0.3 is 0 Å². The Balaban J connectivity index is 1.10.